The molecule has 5 rings (SSSR count). The Balaban J connectivity index is 1.57. The van der Waals surface area contributed by atoms with Crippen molar-refractivity contribution in [2.45, 2.75) is 31.7 Å². The molecule has 1 aliphatic carbocycles. The Morgan fingerprint density at radius 3 is 2.75 bits per heavy atom. The molecular weight excluding hydrogens is 348 g/mol. The van der Waals surface area contributed by atoms with Gasteiger partial charge in [-0.1, -0.05) is 18.2 Å². The molecule has 1 saturated carbocycles. The van der Waals surface area contributed by atoms with Gasteiger partial charge in [0.05, 0.1) is 30.6 Å². The molecule has 2 fully saturated rings. The molecule has 1 atom stereocenters. The van der Waals surface area contributed by atoms with Crippen LogP contribution in [0.2, 0.25) is 0 Å². The maximum Gasteiger partial charge on any atom is 0.226 e. The highest BCUT2D eigenvalue weighted by Gasteiger charge is 2.24. The summed E-state index contributed by atoms with van der Waals surface area (Å²) in [6.45, 7) is 4.33. The molecule has 1 aliphatic heterocycles. The van der Waals surface area contributed by atoms with E-state index in [0.29, 0.717) is 13.2 Å². The van der Waals surface area contributed by atoms with E-state index in [-0.39, 0.29) is 6.04 Å². The lowest BCUT2D eigenvalue weighted by Gasteiger charge is -2.33. The second-order valence-electron chi connectivity index (χ2n) is 7.61. The van der Waals surface area contributed by atoms with E-state index in [2.05, 4.69) is 41.1 Å². The summed E-state index contributed by atoms with van der Waals surface area (Å²) in [6.07, 6.45) is 6.22. The molecule has 1 aromatic carbocycles. The van der Waals surface area contributed by atoms with Crippen molar-refractivity contribution in [3.8, 4) is 22.5 Å². The number of rotatable bonds is 4. The van der Waals surface area contributed by atoms with E-state index in [4.69, 9.17) is 14.7 Å². The van der Waals surface area contributed by atoms with E-state index in [1.54, 1.807) is 6.20 Å². The van der Waals surface area contributed by atoms with E-state index in [1.807, 2.05) is 24.4 Å². The summed E-state index contributed by atoms with van der Waals surface area (Å²) in [5.74, 6) is 1.47. The Labute approximate surface area is 165 Å². The van der Waals surface area contributed by atoms with Crippen molar-refractivity contribution >= 4 is 5.95 Å². The van der Waals surface area contributed by atoms with Crippen LogP contribution in [0, 0.1) is 6.07 Å². The Morgan fingerprint density at radius 2 is 2.04 bits per heavy atom. The number of benzene rings is 1. The lowest BCUT2D eigenvalue weighted by Crippen LogP contribution is -2.44. The van der Waals surface area contributed by atoms with Crippen LogP contribution >= 0.6 is 0 Å². The minimum Gasteiger partial charge on any atom is -0.377 e. The Morgan fingerprint density at radius 1 is 1.14 bits per heavy atom. The van der Waals surface area contributed by atoms with Gasteiger partial charge in [-0.15, -0.1) is 0 Å². The third-order valence-corrected chi connectivity index (χ3v) is 5.46. The Bertz CT molecular complexity index is 954. The fourth-order valence-corrected chi connectivity index (χ4v) is 3.65. The lowest BCUT2D eigenvalue weighted by molar-refractivity contribution is 0.0981. The van der Waals surface area contributed by atoms with Crippen LogP contribution in [-0.4, -0.2) is 40.8 Å². The zero-order chi connectivity index (χ0) is 18.9. The van der Waals surface area contributed by atoms with E-state index in [0.717, 1.165) is 40.9 Å². The first-order chi connectivity index (χ1) is 13.8. The fourth-order valence-electron chi connectivity index (χ4n) is 3.65. The summed E-state index contributed by atoms with van der Waals surface area (Å²) in [5, 5.41) is 0. The highest BCUT2D eigenvalue weighted by atomic mass is 16.5. The zero-order valence-corrected chi connectivity index (χ0v) is 16.0. The summed E-state index contributed by atoms with van der Waals surface area (Å²) in [6, 6.07) is 16.2. The van der Waals surface area contributed by atoms with Crippen molar-refractivity contribution in [3.63, 3.8) is 0 Å². The van der Waals surface area contributed by atoms with Gasteiger partial charge in [-0.05, 0) is 55.5 Å². The molecular formula is C23H23N4O. The van der Waals surface area contributed by atoms with Gasteiger partial charge in [0.15, 0.2) is 0 Å². The number of morpholine rings is 1. The second kappa shape index (κ2) is 7.32. The molecule has 1 radical (unpaired) electrons. The van der Waals surface area contributed by atoms with Gasteiger partial charge in [0.1, 0.15) is 0 Å². The molecule has 2 aromatic heterocycles. The van der Waals surface area contributed by atoms with E-state index < -0.39 is 0 Å². The Kier molecular flexibility index (Phi) is 4.53. The average molecular weight is 371 g/mol. The number of ether oxygens (including phenoxy) is 1. The van der Waals surface area contributed by atoms with Crippen LogP contribution in [0.1, 0.15) is 31.2 Å². The molecule has 3 aromatic rings. The fraction of sp³-hybridized carbons (Fsp3) is 0.348. The molecule has 5 heteroatoms. The van der Waals surface area contributed by atoms with E-state index >= 15 is 0 Å². The minimum atomic E-state index is 0.243. The first kappa shape index (κ1) is 17.3. The van der Waals surface area contributed by atoms with Crippen LogP contribution in [0.3, 0.4) is 0 Å². The van der Waals surface area contributed by atoms with Gasteiger partial charge in [0, 0.05) is 30.1 Å². The second-order valence-corrected chi connectivity index (χ2v) is 7.61. The summed E-state index contributed by atoms with van der Waals surface area (Å²) < 4.78 is 5.59. The first-order valence-electron chi connectivity index (χ1n) is 9.94. The molecule has 1 unspecified atom stereocenters. The van der Waals surface area contributed by atoms with Crippen molar-refractivity contribution in [2.75, 3.05) is 24.7 Å². The molecule has 0 spiro atoms. The number of anilines is 1. The smallest absolute Gasteiger partial charge is 0.226 e. The number of pyridine rings is 1. The monoisotopic (exact) mass is 371 g/mol. The average Bonchev–Trinajstić information content (AvgIpc) is 3.60. The molecule has 1 saturated heterocycles. The van der Waals surface area contributed by atoms with Gasteiger partial charge in [-0.3, -0.25) is 4.98 Å². The largest absolute Gasteiger partial charge is 0.377 e. The molecule has 3 heterocycles. The van der Waals surface area contributed by atoms with Gasteiger partial charge in [-0.2, -0.15) is 0 Å². The maximum atomic E-state index is 5.59. The SMILES string of the molecule is CC1COCCN1c1nc(-c2[c]cc(C3CC3)cc2)cc(-c2cccnc2)n1. The highest BCUT2D eigenvalue weighted by molar-refractivity contribution is 5.69. The third-order valence-electron chi connectivity index (χ3n) is 5.46. The van der Waals surface area contributed by atoms with Crippen LogP contribution < -0.4 is 4.90 Å². The standard InChI is InChI=1S/C23H23N4O/c1-16-15-28-12-11-27(16)23-25-21(13-22(26-23)20-3-2-10-24-14-20)19-8-6-18(7-9-19)17-4-5-17/h2-3,6-8,10,13-14,16-17H,4-5,11-12,15H2,1H3. The maximum absolute atomic E-state index is 5.59. The highest BCUT2D eigenvalue weighted by Crippen LogP contribution is 2.40. The van der Waals surface area contributed by atoms with Crippen molar-refractivity contribution < 1.29 is 4.74 Å². The third kappa shape index (κ3) is 3.50. The topological polar surface area (TPSA) is 51.1 Å². The first-order valence-corrected chi connectivity index (χ1v) is 9.94. The number of hydrogen-bond donors (Lipinski definition) is 0. The molecule has 141 valence electrons. The lowest BCUT2D eigenvalue weighted by atomic mass is 10.0. The van der Waals surface area contributed by atoms with Crippen molar-refractivity contribution in [1.82, 2.24) is 15.0 Å². The molecule has 28 heavy (non-hydrogen) atoms. The molecule has 5 nitrogen and oxygen atoms in total. The van der Waals surface area contributed by atoms with Crippen LogP contribution in [-0.2, 0) is 4.74 Å². The summed E-state index contributed by atoms with van der Waals surface area (Å²) in [4.78, 5) is 16.2. The van der Waals surface area contributed by atoms with Gasteiger partial charge < -0.3 is 9.64 Å². The number of aromatic nitrogens is 3. The quantitative estimate of drug-likeness (QED) is 0.691. The van der Waals surface area contributed by atoms with Crippen LogP contribution in [0.15, 0.2) is 48.8 Å². The zero-order valence-electron chi connectivity index (χ0n) is 16.0. The van der Waals surface area contributed by atoms with Crippen molar-refractivity contribution in [1.29, 1.82) is 0 Å². The minimum absolute atomic E-state index is 0.243. The van der Waals surface area contributed by atoms with Crippen LogP contribution in [0.25, 0.3) is 22.5 Å². The normalized spacial score (nSPS) is 19.6. The number of hydrogen-bond acceptors (Lipinski definition) is 5. The summed E-state index contributed by atoms with van der Waals surface area (Å²) in [5.41, 5.74) is 5.14. The van der Waals surface area contributed by atoms with Gasteiger partial charge in [0.25, 0.3) is 0 Å². The number of nitrogens with zero attached hydrogens (tertiary/aromatic N) is 4. The van der Waals surface area contributed by atoms with Crippen molar-refractivity contribution in [3.05, 3.63) is 60.4 Å². The molecule has 0 amide bonds. The van der Waals surface area contributed by atoms with Crippen LogP contribution in [0.4, 0.5) is 5.95 Å². The molecule has 0 bridgehead atoms. The van der Waals surface area contributed by atoms with Crippen molar-refractivity contribution in [2.24, 2.45) is 0 Å². The van der Waals surface area contributed by atoms with E-state index in [9.17, 15) is 0 Å². The Hall–Kier alpha value is -2.79. The summed E-state index contributed by atoms with van der Waals surface area (Å²) >= 11 is 0. The van der Waals surface area contributed by atoms with Crippen LogP contribution in [0.5, 0.6) is 0 Å². The van der Waals surface area contributed by atoms with Gasteiger partial charge >= 0.3 is 0 Å². The predicted octanol–water partition coefficient (Wildman–Crippen LogP) is 4.11. The van der Waals surface area contributed by atoms with Gasteiger partial charge in [0.2, 0.25) is 5.95 Å². The summed E-state index contributed by atoms with van der Waals surface area (Å²) in [7, 11) is 0. The predicted molar refractivity (Wildman–Crippen MR) is 109 cm³/mol. The van der Waals surface area contributed by atoms with Gasteiger partial charge in [-0.25, -0.2) is 9.97 Å². The molecule has 0 N–H and O–H groups in total. The molecule has 2 aliphatic rings. The van der Waals surface area contributed by atoms with E-state index in [1.165, 1.54) is 18.4 Å².